The predicted octanol–water partition coefficient (Wildman–Crippen LogP) is 3.56. The van der Waals surface area contributed by atoms with Gasteiger partial charge in [0.2, 0.25) is 0 Å². The molecule has 0 unspecified atom stereocenters. The van der Waals surface area contributed by atoms with Crippen molar-refractivity contribution in [2.24, 2.45) is 4.99 Å². The summed E-state index contributed by atoms with van der Waals surface area (Å²) in [5, 5.41) is 6.87. The maximum atomic E-state index is 13.4. The Morgan fingerprint density at radius 1 is 1.23 bits per heavy atom. The van der Waals surface area contributed by atoms with Gasteiger partial charge in [-0.25, -0.2) is 8.78 Å². The summed E-state index contributed by atoms with van der Waals surface area (Å²) in [6.45, 7) is 4.27. The molecule has 6 nitrogen and oxygen atoms in total. The summed E-state index contributed by atoms with van der Waals surface area (Å²) in [6.07, 6.45) is 4.36. The molecular formula is C22H31F2IN4O2. The number of nitrogens with one attached hydrogen (secondary N) is 2. The van der Waals surface area contributed by atoms with Gasteiger partial charge >= 0.3 is 0 Å². The molecule has 172 valence electrons. The highest BCUT2D eigenvalue weighted by molar-refractivity contribution is 14.0. The molecule has 1 fully saturated rings. The van der Waals surface area contributed by atoms with Crippen LogP contribution in [0.15, 0.2) is 46.0 Å². The number of piperidine rings is 1. The van der Waals surface area contributed by atoms with Crippen LogP contribution in [0.5, 0.6) is 0 Å². The van der Waals surface area contributed by atoms with E-state index in [1.54, 1.807) is 19.4 Å². The second-order valence-corrected chi connectivity index (χ2v) is 7.42. The Bertz CT molecular complexity index is 797. The molecule has 0 atom stereocenters. The zero-order valence-corrected chi connectivity index (χ0v) is 20.1. The fourth-order valence-corrected chi connectivity index (χ4v) is 3.49. The highest BCUT2D eigenvalue weighted by Gasteiger charge is 2.20. The summed E-state index contributed by atoms with van der Waals surface area (Å²) in [4.78, 5) is 6.84. The van der Waals surface area contributed by atoms with Crippen molar-refractivity contribution < 1.29 is 17.9 Å². The van der Waals surface area contributed by atoms with Gasteiger partial charge in [-0.3, -0.25) is 9.89 Å². The van der Waals surface area contributed by atoms with Crippen LogP contribution < -0.4 is 10.6 Å². The molecule has 0 saturated carbocycles. The molecule has 1 aliphatic heterocycles. The lowest BCUT2D eigenvalue weighted by Crippen LogP contribution is -2.49. The Hall–Kier alpha value is -1.72. The minimum atomic E-state index is -0.804. The molecule has 2 N–H and O–H groups in total. The van der Waals surface area contributed by atoms with Crippen LogP contribution in [0, 0.1) is 11.6 Å². The van der Waals surface area contributed by atoms with E-state index in [2.05, 4.69) is 20.5 Å². The summed E-state index contributed by atoms with van der Waals surface area (Å²) in [7, 11) is 1.66. The van der Waals surface area contributed by atoms with Crippen molar-refractivity contribution in [3.8, 4) is 0 Å². The van der Waals surface area contributed by atoms with Crippen LogP contribution in [0.1, 0.15) is 24.2 Å². The fourth-order valence-electron chi connectivity index (χ4n) is 3.49. The molecule has 2 heterocycles. The summed E-state index contributed by atoms with van der Waals surface area (Å²) in [6, 6.07) is 8.27. The SMILES string of the molecule is COCCN=C(NCCc1ccco1)NC1CCN(Cc2ccc(F)c(F)c2)CC1.I. The minimum Gasteiger partial charge on any atom is -0.469 e. The quantitative estimate of drug-likeness (QED) is 0.217. The second kappa shape index (κ2) is 13.6. The molecule has 0 aliphatic carbocycles. The van der Waals surface area contributed by atoms with Gasteiger partial charge in [-0.15, -0.1) is 24.0 Å². The van der Waals surface area contributed by atoms with Crippen LogP contribution in [0.3, 0.4) is 0 Å². The maximum Gasteiger partial charge on any atom is 0.191 e. The summed E-state index contributed by atoms with van der Waals surface area (Å²) < 4.78 is 37.0. The lowest BCUT2D eigenvalue weighted by molar-refractivity contribution is 0.197. The van der Waals surface area contributed by atoms with E-state index in [0.717, 1.165) is 56.2 Å². The standard InChI is InChI=1S/C22H30F2N4O2.HI/c1-29-14-10-26-22(25-9-6-19-3-2-13-30-19)27-18-7-11-28(12-8-18)16-17-4-5-20(23)21(24)15-17;/h2-5,13,15,18H,6-12,14,16H2,1H3,(H2,25,26,27);1H. The first-order chi connectivity index (χ1) is 14.6. The van der Waals surface area contributed by atoms with Gasteiger partial charge in [0.1, 0.15) is 5.76 Å². The highest BCUT2D eigenvalue weighted by atomic mass is 127. The fraction of sp³-hybridized carbons (Fsp3) is 0.500. The van der Waals surface area contributed by atoms with Crippen LogP contribution in [0.4, 0.5) is 8.78 Å². The molecule has 0 amide bonds. The van der Waals surface area contributed by atoms with Crippen molar-refractivity contribution in [2.75, 3.05) is 39.9 Å². The van der Waals surface area contributed by atoms with Gasteiger partial charge in [0.05, 0.1) is 19.4 Å². The molecule has 9 heteroatoms. The molecule has 2 aromatic rings. The summed E-state index contributed by atoms with van der Waals surface area (Å²) in [5.41, 5.74) is 0.793. The number of methoxy groups -OCH3 is 1. The third kappa shape index (κ3) is 8.74. The molecule has 31 heavy (non-hydrogen) atoms. The number of nitrogens with zero attached hydrogens (tertiary/aromatic N) is 2. The third-order valence-corrected chi connectivity index (χ3v) is 5.13. The normalized spacial score (nSPS) is 15.5. The number of hydrogen-bond donors (Lipinski definition) is 2. The van der Waals surface area contributed by atoms with E-state index in [1.807, 2.05) is 12.1 Å². The van der Waals surface area contributed by atoms with E-state index in [0.29, 0.717) is 25.7 Å². The zero-order valence-electron chi connectivity index (χ0n) is 17.8. The van der Waals surface area contributed by atoms with Gasteiger partial charge in [-0.05, 0) is 42.7 Å². The molecule has 0 radical (unpaired) electrons. The number of ether oxygens (including phenoxy) is 1. The Morgan fingerprint density at radius 3 is 2.71 bits per heavy atom. The lowest BCUT2D eigenvalue weighted by Gasteiger charge is -2.33. The second-order valence-electron chi connectivity index (χ2n) is 7.42. The van der Waals surface area contributed by atoms with Crippen LogP contribution >= 0.6 is 24.0 Å². The molecule has 1 saturated heterocycles. The molecule has 1 aliphatic rings. The van der Waals surface area contributed by atoms with Crippen LogP contribution in [0.25, 0.3) is 0 Å². The van der Waals surface area contributed by atoms with Crippen molar-refractivity contribution in [3.05, 3.63) is 59.6 Å². The molecule has 1 aromatic heterocycles. The third-order valence-electron chi connectivity index (χ3n) is 5.13. The van der Waals surface area contributed by atoms with E-state index in [-0.39, 0.29) is 24.0 Å². The molecule has 0 bridgehead atoms. The number of likely N-dealkylation sites (tertiary alicyclic amines) is 1. The number of guanidine groups is 1. The van der Waals surface area contributed by atoms with Gasteiger partial charge in [0.15, 0.2) is 17.6 Å². The maximum absolute atomic E-state index is 13.4. The minimum absolute atomic E-state index is 0. The van der Waals surface area contributed by atoms with Crippen molar-refractivity contribution in [1.82, 2.24) is 15.5 Å². The van der Waals surface area contributed by atoms with Crippen molar-refractivity contribution in [3.63, 3.8) is 0 Å². The first-order valence-corrected chi connectivity index (χ1v) is 10.4. The molecule has 0 spiro atoms. The number of hydrogen-bond acceptors (Lipinski definition) is 4. The van der Waals surface area contributed by atoms with E-state index in [9.17, 15) is 8.78 Å². The number of benzene rings is 1. The number of halogens is 3. The van der Waals surface area contributed by atoms with Crippen molar-refractivity contribution in [2.45, 2.75) is 31.8 Å². The van der Waals surface area contributed by atoms with E-state index < -0.39 is 11.6 Å². The zero-order chi connectivity index (χ0) is 21.2. The number of furan rings is 1. The van der Waals surface area contributed by atoms with Crippen LogP contribution in [-0.2, 0) is 17.7 Å². The predicted molar refractivity (Wildman–Crippen MR) is 128 cm³/mol. The highest BCUT2D eigenvalue weighted by Crippen LogP contribution is 2.16. The van der Waals surface area contributed by atoms with Gasteiger partial charge in [0, 0.05) is 45.8 Å². The average Bonchev–Trinajstić information content (AvgIpc) is 3.26. The van der Waals surface area contributed by atoms with E-state index in [1.165, 1.54) is 12.1 Å². The summed E-state index contributed by atoms with van der Waals surface area (Å²) in [5.74, 6) is 0.116. The Labute approximate surface area is 199 Å². The van der Waals surface area contributed by atoms with Crippen LogP contribution in [0.2, 0.25) is 0 Å². The van der Waals surface area contributed by atoms with E-state index >= 15 is 0 Å². The Kier molecular flexibility index (Phi) is 11.2. The monoisotopic (exact) mass is 548 g/mol. The smallest absolute Gasteiger partial charge is 0.191 e. The molecule has 3 rings (SSSR count). The lowest BCUT2D eigenvalue weighted by atomic mass is 10.0. The summed E-state index contributed by atoms with van der Waals surface area (Å²) >= 11 is 0. The van der Waals surface area contributed by atoms with E-state index in [4.69, 9.17) is 9.15 Å². The van der Waals surface area contributed by atoms with Crippen molar-refractivity contribution >= 4 is 29.9 Å². The van der Waals surface area contributed by atoms with Gasteiger partial charge in [0.25, 0.3) is 0 Å². The Morgan fingerprint density at radius 2 is 2.03 bits per heavy atom. The molecular weight excluding hydrogens is 517 g/mol. The topological polar surface area (TPSA) is 62.0 Å². The largest absolute Gasteiger partial charge is 0.469 e. The number of aliphatic imine (C=N–C) groups is 1. The first-order valence-electron chi connectivity index (χ1n) is 10.4. The molecule has 1 aromatic carbocycles. The average molecular weight is 548 g/mol. The number of rotatable bonds is 9. The van der Waals surface area contributed by atoms with Crippen molar-refractivity contribution in [1.29, 1.82) is 0 Å². The van der Waals surface area contributed by atoms with Gasteiger partial charge in [-0.1, -0.05) is 6.07 Å². The first kappa shape index (κ1) is 25.5. The Balaban J connectivity index is 0.00000341. The van der Waals surface area contributed by atoms with Crippen LogP contribution in [-0.4, -0.2) is 56.8 Å². The van der Waals surface area contributed by atoms with Gasteiger partial charge < -0.3 is 19.8 Å². The van der Waals surface area contributed by atoms with Gasteiger partial charge in [-0.2, -0.15) is 0 Å².